The highest BCUT2D eigenvalue weighted by Crippen LogP contribution is 2.35. The first-order chi connectivity index (χ1) is 14.6. The van der Waals surface area contributed by atoms with Crippen molar-refractivity contribution < 1.29 is 9.53 Å². The van der Waals surface area contributed by atoms with Gasteiger partial charge in [0.2, 0.25) is 0 Å². The molecule has 0 heterocycles. The fraction of sp³-hybridized carbons (Fsp3) is 0.222. The molecule has 0 saturated heterocycles. The van der Waals surface area contributed by atoms with Crippen molar-refractivity contribution in [2.24, 2.45) is 0 Å². The molecule has 3 aromatic rings. The molecule has 0 aliphatic rings. The molecule has 0 N–H and O–H groups in total. The van der Waals surface area contributed by atoms with Gasteiger partial charge in [0, 0.05) is 0 Å². The zero-order valence-corrected chi connectivity index (χ0v) is 19.0. The van der Waals surface area contributed by atoms with Crippen LogP contribution < -0.4 is 10.4 Å². The fourth-order valence-corrected chi connectivity index (χ4v) is 10.1. The minimum Gasteiger partial charge on any atom is -0.469 e. The molecule has 0 amide bonds. The Morgan fingerprint density at radius 2 is 1.33 bits per heavy atom. The third-order valence-corrected chi connectivity index (χ3v) is 11.6. The Hall–Kier alpha value is -2.91. The number of rotatable bonds is 8. The van der Waals surface area contributed by atoms with Crippen LogP contribution in [0.1, 0.15) is 31.4 Å². The van der Waals surface area contributed by atoms with Gasteiger partial charge >= 0.3 is 5.97 Å². The number of esters is 1. The average Bonchev–Trinajstić information content (AvgIpc) is 2.82. The lowest BCUT2D eigenvalue weighted by Crippen LogP contribution is -2.63. The Labute approximate surface area is 181 Å². The molecule has 3 aromatic carbocycles. The summed E-state index contributed by atoms with van der Waals surface area (Å²) in [5.41, 5.74) is 2.61. The van der Waals surface area contributed by atoms with Crippen LogP contribution in [0.25, 0.3) is 0 Å². The molecule has 1 atom stereocenters. The highest BCUT2D eigenvalue weighted by atomic mass is 28.3. The number of allylic oxidation sites excluding steroid dienone is 2. The molecular weight excluding hydrogens is 384 g/mol. The van der Waals surface area contributed by atoms with Crippen LogP contribution in [0.15, 0.2) is 103 Å². The van der Waals surface area contributed by atoms with E-state index in [1.807, 2.05) is 6.07 Å². The largest absolute Gasteiger partial charge is 0.469 e. The van der Waals surface area contributed by atoms with Crippen LogP contribution in [-0.2, 0) is 9.53 Å². The first-order valence-corrected chi connectivity index (χ1v) is 12.7. The van der Waals surface area contributed by atoms with Crippen LogP contribution in [0.4, 0.5) is 0 Å². The molecule has 30 heavy (non-hydrogen) atoms. The van der Waals surface area contributed by atoms with Crippen molar-refractivity contribution in [3.8, 4) is 0 Å². The molecule has 0 aliphatic heterocycles. The summed E-state index contributed by atoms with van der Waals surface area (Å²) in [6.45, 7) is 4.30. The van der Waals surface area contributed by atoms with E-state index in [0.717, 1.165) is 6.04 Å². The number of carbonyl (C=O) groups is 1. The first-order valence-electron chi connectivity index (χ1n) is 10.5. The standard InChI is InChI=1S/C27H30O2Si/c1-4-22(2)21-30(24-16-10-6-11-17-24,25-18-12-7-13-19-25)26(20-27(28)29-3)23-14-8-5-9-15-23/h4-19,26H,20-21H2,1-3H3/b22-4-. The van der Waals surface area contributed by atoms with Gasteiger partial charge in [-0.15, -0.1) is 0 Å². The molecule has 0 aromatic heterocycles. The van der Waals surface area contributed by atoms with Gasteiger partial charge in [-0.1, -0.05) is 113 Å². The SMILES string of the molecule is C/C=C(/C)C[Si](c1ccccc1)(c1ccccc1)C(CC(=O)OC)c1ccccc1. The van der Waals surface area contributed by atoms with Crippen molar-refractivity contribution in [2.75, 3.05) is 7.11 Å². The van der Waals surface area contributed by atoms with E-state index in [1.165, 1.54) is 28.6 Å². The quantitative estimate of drug-likeness (QED) is 0.291. The van der Waals surface area contributed by atoms with Crippen LogP contribution in [0.3, 0.4) is 0 Å². The summed E-state index contributed by atoms with van der Waals surface area (Å²) >= 11 is 0. The number of benzene rings is 3. The van der Waals surface area contributed by atoms with Gasteiger partial charge in [-0.25, -0.2) is 0 Å². The van der Waals surface area contributed by atoms with E-state index in [-0.39, 0.29) is 11.5 Å². The second-order valence-electron chi connectivity index (χ2n) is 7.76. The van der Waals surface area contributed by atoms with Crippen molar-refractivity contribution >= 4 is 24.4 Å². The van der Waals surface area contributed by atoms with Crippen molar-refractivity contribution in [1.82, 2.24) is 0 Å². The zero-order chi connectivity index (χ0) is 21.4. The highest BCUT2D eigenvalue weighted by Gasteiger charge is 2.46. The van der Waals surface area contributed by atoms with Gasteiger partial charge in [-0.05, 0) is 31.0 Å². The molecule has 1 unspecified atom stereocenters. The number of carbonyl (C=O) groups excluding carboxylic acids is 1. The van der Waals surface area contributed by atoms with E-state index in [9.17, 15) is 4.79 Å². The Bertz CT molecular complexity index is 926. The molecule has 0 saturated carbocycles. The molecule has 3 rings (SSSR count). The maximum absolute atomic E-state index is 12.6. The smallest absolute Gasteiger partial charge is 0.305 e. The Morgan fingerprint density at radius 3 is 1.77 bits per heavy atom. The van der Waals surface area contributed by atoms with E-state index in [2.05, 4.69) is 105 Å². The minimum absolute atomic E-state index is 0.0610. The third-order valence-electron chi connectivity index (χ3n) is 6.02. The van der Waals surface area contributed by atoms with Crippen LogP contribution >= 0.6 is 0 Å². The second kappa shape index (κ2) is 10.2. The lowest BCUT2D eigenvalue weighted by atomic mass is 10.1. The Balaban J connectivity index is 2.35. The highest BCUT2D eigenvalue weighted by molar-refractivity contribution is 7.03. The van der Waals surface area contributed by atoms with E-state index in [4.69, 9.17) is 4.74 Å². The van der Waals surface area contributed by atoms with Crippen LogP contribution in [0.2, 0.25) is 6.04 Å². The van der Waals surface area contributed by atoms with Crippen LogP contribution in [0, 0.1) is 0 Å². The number of methoxy groups -OCH3 is 1. The lowest BCUT2D eigenvalue weighted by Gasteiger charge is -2.40. The number of hydrogen-bond donors (Lipinski definition) is 0. The predicted octanol–water partition coefficient (Wildman–Crippen LogP) is 5.10. The van der Waals surface area contributed by atoms with Gasteiger partial charge in [0.15, 0.2) is 0 Å². The van der Waals surface area contributed by atoms with Crippen molar-refractivity contribution in [3.63, 3.8) is 0 Å². The normalized spacial score (nSPS) is 13.0. The second-order valence-corrected chi connectivity index (χ2v) is 11.9. The van der Waals surface area contributed by atoms with Gasteiger partial charge in [0.1, 0.15) is 8.07 Å². The summed E-state index contributed by atoms with van der Waals surface area (Å²) in [4.78, 5) is 12.6. The van der Waals surface area contributed by atoms with E-state index >= 15 is 0 Å². The summed E-state index contributed by atoms with van der Waals surface area (Å²) < 4.78 is 5.17. The van der Waals surface area contributed by atoms with Crippen molar-refractivity contribution in [1.29, 1.82) is 0 Å². The predicted molar refractivity (Wildman–Crippen MR) is 128 cm³/mol. The lowest BCUT2D eigenvalue weighted by molar-refractivity contribution is -0.140. The average molecular weight is 415 g/mol. The monoisotopic (exact) mass is 414 g/mol. The first kappa shape index (κ1) is 21.8. The Morgan fingerprint density at radius 1 is 0.867 bits per heavy atom. The molecular formula is C27H30O2Si. The summed E-state index contributed by atoms with van der Waals surface area (Å²) in [5, 5.41) is 2.69. The van der Waals surface area contributed by atoms with E-state index < -0.39 is 8.07 Å². The van der Waals surface area contributed by atoms with E-state index in [1.54, 1.807) is 0 Å². The number of hydrogen-bond acceptors (Lipinski definition) is 2. The minimum atomic E-state index is -2.45. The molecule has 154 valence electrons. The summed E-state index contributed by atoms with van der Waals surface area (Å²) in [5.74, 6) is -0.161. The summed E-state index contributed by atoms with van der Waals surface area (Å²) in [7, 11) is -0.968. The van der Waals surface area contributed by atoms with Gasteiger partial charge in [0.25, 0.3) is 0 Å². The summed E-state index contributed by atoms with van der Waals surface area (Å²) in [6, 6.07) is 33.0. The number of ether oxygens (including phenoxy) is 1. The third kappa shape index (κ3) is 4.63. The van der Waals surface area contributed by atoms with Crippen LogP contribution in [0.5, 0.6) is 0 Å². The maximum Gasteiger partial charge on any atom is 0.305 e. The molecule has 3 heteroatoms. The molecule has 0 spiro atoms. The molecule has 0 radical (unpaired) electrons. The van der Waals surface area contributed by atoms with Gasteiger partial charge in [-0.3, -0.25) is 4.79 Å². The van der Waals surface area contributed by atoms with Crippen molar-refractivity contribution in [3.05, 3.63) is 108 Å². The van der Waals surface area contributed by atoms with Crippen LogP contribution in [-0.4, -0.2) is 21.2 Å². The molecule has 0 bridgehead atoms. The maximum atomic E-state index is 12.6. The molecule has 2 nitrogen and oxygen atoms in total. The van der Waals surface area contributed by atoms with E-state index in [0.29, 0.717) is 6.42 Å². The topological polar surface area (TPSA) is 26.3 Å². The fourth-order valence-electron chi connectivity index (χ4n) is 4.42. The van der Waals surface area contributed by atoms with Crippen molar-refractivity contribution in [2.45, 2.75) is 31.9 Å². The van der Waals surface area contributed by atoms with Gasteiger partial charge in [0.05, 0.1) is 13.5 Å². The Kier molecular flexibility index (Phi) is 7.42. The molecule has 0 fully saturated rings. The summed E-state index contributed by atoms with van der Waals surface area (Å²) in [6.07, 6.45) is 2.57. The van der Waals surface area contributed by atoms with Gasteiger partial charge in [-0.2, -0.15) is 0 Å². The zero-order valence-electron chi connectivity index (χ0n) is 18.0. The molecule has 0 aliphatic carbocycles. The van der Waals surface area contributed by atoms with Gasteiger partial charge < -0.3 is 4.74 Å².